The number of rotatable bonds is 5. The molecule has 0 atom stereocenters. The summed E-state index contributed by atoms with van der Waals surface area (Å²) in [5, 5.41) is 13.3. The maximum atomic E-state index is 12.6. The van der Waals surface area contributed by atoms with Crippen LogP contribution in [0.4, 0.5) is 0 Å². The fourth-order valence-electron chi connectivity index (χ4n) is 2.25. The van der Waals surface area contributed by atoms with E-state index in [4.69, 9.17) is 5.11 Å². The Bertz CT molecular complexity index is 723. The summed E-state index contributed by atoms with van der Waals surface area (Å²) < 4.78 is 2.62. The summed E-state index contributed by atoms with van der Waals surface area (Å²) in [7, 11) is 0. The number of carbonyl (C=O) groups excluding carboxylic acids is 1. The minimum atomic E-state index is -1.04. The maximum Gasteiger partial charge on any atom is 0.323 e. The van der Waals surface area contributed by atoms with Gasteiger partial charge in [0.25, 0.3) is 5.91 Å². The Hall–Kier alpha value is -2.15. The lowest BCUT2D eigenvalue weighted by atomic mass is 10.2. The zero-order valence-corrected chi connectivity index (χ0v) is 14.7. The van der Waals surface area contributed by atoms with Crippen LogP contribution in [0, 0.1) is 6.92 Å². The van der Waals surface area contributed by atoms with E-state index < -0.39 is 5.97 Å². The first-order valence-corrected chi connectivity index (χ1v) is 7.94. The van der Waals surface area contributed by atoms with Crippen molar-refractivity contribution in [2.45, 2.75) is 26.8 Å². The second-order valence-electron chi connectivity index (χ2n) is 5.45. The largest absolute Gasteiger partial charge is 0.480 e. The first-order valence-electron chi connectivity index (χ1n) is 7.14. The van der Waals surface area contributed by atoms with Gasteiger partial charge in [0.2, 0.25) is 0 Å². The molecule has 1 aromatic carbocycles. The van der Waals surface area contributed by atoms with Crippen LogP contribution in [-0.2, 0) is 4.79 Å². The SMILES string of the molecule is Cc1c(C(=O)N(CC(=O)O)C(C)C)cnn1-c1ccc(Br)cc1. The third-order valence-electron chi connectivity index (χ3n) is 3.50. The van der Waals surface area contributed by atoms with Crippen LogP contribution in [0.25, 0.3) is 5.69 Å². The summed E-state index contributed by atoms with van der Waals surface area (Å²) in [5.41, 5.74) is 1.91. The number of carbonyl (C=O) groups is 2. The fraction of sp³-hybridized carbons (Fsp3) is 0.312. The number of hydrogen-bond acceptors (Lipinski definition) is 3. The molecule has 6 nitrogen and oxygen atoms in total. The summed E-state index contributed by atoms with van der Waals surface area (Å²) in [6.07, 6.45) is 1.48. The number of carboxylic acid groups (broad SMARTS) is 1. The van der Waals surface area contributed by atoms with Crippen molar-refractivity contribution in [3.8, 4) is 5.69 Å². The molecule has 1 heterocycles. The number of aromatic nitrogens is 2. The highest BCUT2D eigenvalue weighted by atomic mass is 79.9. The molecule has 0 bridgehead atoms. The lowest BCUT2D eigenvalue weighted by Crippen LogP contribution is -2.40. The number of carboxylic acids is 1. The van der Waals surface area contributed by atoms with Gasteiger partial charge in [-0.1, -0.05) is 15.9 Å². The van der Waals surface area contributed by atoms with Crippen molar-refractivity contribution >= 4 is 27.8 Å². The first-order chi connectivity index (χ1) is 10.8. The number of nitrogens with zero attached hydrogens (tertiary/aromatic N) is 3. The standard InChI is InChI=1S/C16H18BrN3O3/c1-10(2)19(9-15(21)22)16(23)14-8-18-20(11(14)3)13-6-4-12(17)5-7-13/h4-8,10H,9H2,1-3H3,(H,21,22). The Morgan fingerprint density at radius 1 is 1.30 bits per heavy atom. The molecule has 0 radical (unpaired) electrons. The molecule has 2 rings (SSSR count). The van der Waals surface area contributed by atoms with Crippen LogP contribution in [-0.4, -0.2) is 44.3 Å². The molecule has 23 heavy (non-hydrogen) atoms. The van der Waals surface area contributed by atoms with E-state index in [9.17, 15) is 9.59 Å². The van der Waals surface area contributed by atoms with E-state index in [0.717, 1.165) is 10.2 Å². The predicted octanol–water partition coefficient (Wildman–Crippen LogP) is 2.88. The van der Waals surface area contributed by atoms with E-state index >= 15 is 0 Å². The highest BCUT2D eigenvalue weighted by molar-refractivity contribution is 9.10. The Labute approximate surface area is 142 Å². The predicted molar refractivity (Wildman–Crippen MR) is 89.8 cm³/mol. The average molecular weight is 380 g/mol. The topological polar surface area (TPSA) is 75.4 Å². The maximum absolute atomic E-state index is 12.6. The van der Waals surface area contributed by atoms with Crippen molar-refractivity contribution < 1.29 is 14.7 Å². The van der Waals surface area contributed by atoms with Crippen molar-refractivity contribution in [2.24, 2.45) is 0 Å². The first kappa shape index (κ1) is 17.2. The third-order valence-corrected chi connectivity index (χ3v) is 4.03. The van der Waals surface area contributed by atoms with Gasteiger partial charge >= 0.3 is 5.97 Å². The molecule has 1 aromatic heterocycles. The zero-order chi connectivity index (χ0) is 17.1. The lowest BCUT2D eigenvalue weighted by Gasteiger charge is -2.24. The van der Waals surface area contributed by atoms with Gasteiger partial charge in [0, 0.05) is 10.5 Å². The molecule has 2 aromatic rings. The van der Waals surface area contributed by atoms with Crippen LogP contribution in [0.3, 0.4) is 0 Å². The molecule has 0 unspecified atom stereocenters. The number of hydrogen-bond donors (Lipinski definition) is 1. The number of aliphatic carboxylic acids is 1. The van der Waals surface area contributed by atoms with Crippen LogP contribution in [0.5, 0.6) is 0 Å². The second kappa shape index (κ2) is 6.95. The van der Waals surface area contributed by atoms with Gasteiger partial charge in [-0.05, 0) is 45.0 Å². The Balaban J connectivity index is 2.35. The summed E-state index contributed by atoms with van der Waals surface area (Å²) >= 11 is 3.38. The fourth-order valence-corrected chi connectivity index (χ4v) is 2.52. The van der Waals surface area contributed by atoms with Crippen LogP contribution < -0.4 is 0 Å². The van der Waals surface area contributed by atoms with E-state index in [1.807, 2.05) is 24.3 Å². The van der Waals surface area contributed by atoms with Crippen molar-refractivity contribution in [1.29, 1.82) is 0 Å². The minimum Gasteiger partial charge on any atom is -0.480 e. The summed E-state index contributed by atoms with van der Waals surface area (Å²) in [5.74, 6) is -1.37. The highest BCUT2D eigenvalue weighted by Crippen LogP contribution is 2.19. The van der Waals surface area contributed by atoms with Gasteiger partial charge in [0.05, 0.1) is 23.1 Å². The molecular formula is C16H18BrN3O3. The van der Waals surface area contributed by atoms with Gasteiger partial charge in [-0.3, -0.25) is 9.59 Å². The molecule has 0 aliphatic carbocycles. The van der Waals surface area contributed by atoms with Gasteiger partial charge in [0.15, 0.2) is 0 Å². The van der Waals surface area contributed by atoms with E-state index in [1.165, 1.54) is 11.1 Å². The van der Waals surface area contributed by atoms with Crippen molar-refractivity contribution in [2.75, 3.05) is 6.54 Å². The Kier molecular flexibility index (Phi) is 5.20. The molecule has 0 fully saturated rings. The molecule has 1 N–H and O–H groups in total. The quantitative estimate of drug-likeness (QED) is 0.866. The van der Waals surface area contributed by atoms with Gasteiger partial charge in [-0.25, -0.2) is 4.68 Å². The molecule has 0 spiro atoms. The number of halogens is 1. The second-order valence-corrected chi connectivity index (χ2v) is 6.37. The van der Waals surface area contributed by atoms with E-state index in [0.29, 0.717) is 11.3 Å². The molecule has 0 saturated heterocycles. The smallest absolute Gasteiger partial charge is 0.323 e. The highest BCUT2D eigenvalue weighted by Gasteiger charge is 2.24. The normalized spacial score (nSPS) is 10.8. The number of amides is 1. The molecule has 0 aliphatic heterocycles. The summed E-state index contributed by atoms with van der Waals surface area (Å²) in [6.45, 7) is 5.03. The summed E-state index contributed by atoms with van der Waals surface area (Å²) in [4.78, 5) is 24.9. The van der Waals surface area contributed by atoms with Gasteiger partial charge in [-0.15, -0.1) is 0 Å². The lowest BCUT2D eigenvalue weighted by molar-refractivity contribution is -0.138. The van der Waals surface area contributed by atoms with E-state index in [1.54, 1.807) is 25.5 Å². The third kappa shape index (κ3) is 3.79. The van der Waals surface area contributed by atoms with Gasteiger partial charge in [-0.2, -0.15) is 5.10 Å². The molecule has 0 aliphatic rings. The van der Waals surface area contributed by atoms with E-state index in [-0.39, 0.29) is 18.5 Å². The minimum absolute atomic E-state index is 0.214. The van der Waals surface area contributed by atoms with Crippen molar-refractivity contribution in [3.63, 3.8) is 0 Å². The summed E-state index contributed by atoms with van der Waals surface area (Å²) in [6, 6.07) is 7.34. The van der Waals surface area contributed by atoms with Crippen LogP contribution in [0.15, 0.2) is 34.9 Å². The molecular weight excluding hydrogens is 362 g/mol. The molecule has 0 saturated carbocycles. The van der Waals surface area contributed by atoms with Crippen LogP contribution in [0.2, 0.25) is 0 Å². The zero-order valence-electron chi connectivity index (χ0n) is 13.2. The van der Waals surface area contributed by atoms with Crippen molar-refractivity contribution in [1.82, 2.24) is 14.7 Å². The van der Waals surface area contributed by atoms with Gasteiger partial charge in [0.1, 0.15) is 6.54 Å². The monoisotopic (exact) mass is 379 g/mol. The average Bonchev–Trinajstić information content (AvgIpc) is 2.86. The number of benzene rings is 1. The molecule has 1 amide bonds. The Morgan fingerprint density at radius 2 is 1.91 bits per heavy atom. The molecule has 7 heteroatoms. The van der Waals surface area contributed by atoms with E-state index in [2.05, 4.69) is 21.0 Å². The van der Waals surface area contributed by atoms with Gasteiger partial charge < -0.3 is 10.0 Å². The van der Waals surface area contributed by atoms with Crippen LogP contribution >= 0.6 is 15.9 Å². The molecule has 122 valence electrons. The Morgan fingerprint density at radius 3 is 2.43 bits per heavy atom. The van der Waals surface area contributed by atoms with Crippen LogP contribution in [0.1, 0.15) is 29.9 Å². The van der Waals surface area contributed by atoms with Crippen molar-refractivity contribution in [3.05, 3.63) is 46.2 Å².